The summed E-state index contributed by atoms with van der Waals surface area (Å²) in [6, 6.07) is 53.5. The third-order valence-corrected chi connectivity index (χ3v) is 16.4. The fourth-order valence-electron chi connectivity index (χ4n) is 12.0. The van der Waals surface area contributed by atoms with Gasteiger partial charge >= 0.3 is 0 Å². The Morgan fingerprint density at radius 1 is 0.297 bits per heavy atom. The first kappa shape index (κ1) is 61.5. The Balaban J connectivity index is 0.000000226. The van der Waals surface area contributed by atoms with Crippen molar-refractivity contribution in [1.82, 2.24) is 0 Å². The quantitative estimate of drug-likeness (QED) is 0.109. The van der Waals surface area contributed by atoms with Gasteiger partial charge in [0.2, 0.25) is 28.5 Å². The van der Waals surface area contributed by atoms with Gasteiger partial charge in [-0.1, -0.05) is 208 Å². The third-order valence-electron chi connectivity index (χ3n) is 16.4. The molecule has 5 heterocycles. The zero-order valence-electron chi connectivity index (χ0n) is 81.8. The highest BCUT2D eigenvalue weighted by atomic mass is 14.9. The average molecular weight is 1370 g/mol. The van der Waals surface area contributed by atoms with Gasteiger partial charge in [-0.25, -0.2) is 22.8 Å². The number of aromatic nitrogens is 5. The van der Waals surface area contributed by atoms with E-state index in [1.165, 1.54) is 33.4 Å². The van der Waals surface area contributed by atoms with Crippen LogP contribution in [0.15, 0.2) is 195 Å². The summed E-state index contributed by atoms with van der Waals surface area (Å²) in [5.74, 6) is -0.0492. The molecule has 0 atom stereocenters. The molecule has 5 nitrogen and oxygen atoms in total. The van der Waals surface area contributed by atoms with Crippen molar-refractivity contribution in [3.63, 3.8) is 0 Å². The summed E-state index contributed by atoms with van der Waals surface area (Å²) < 4.78 is 135. The van der Waals surface area contributed by atoms with Crippen LogP contribution >= 0.6 is 0 Å². The van der Waals surface area contributed by atoms with Crippen LogP contribution in [0.2, 0.25) is 0 Å². The largest absolute Gasteiger partial charge is 0.212 e. The smallest absolute Gasteiger partial charge is 0.201 e. The van der Waals surface area contributed by atoms with Crippen molar-refractivity contribution in [2.24, 2.45) is 68.2 Å². The van der Waals surface area contributed by atoms with Crippen molar-refractivity contribution >= 4 is 0 Å². The maximum atomic E-state index is 8.92. The molecular formula is C96H132N5+5. The second-order valence-corrected chi connectivity index (χ2v) is 32.7. The number of nitrogens with zero attached hydrogens (tertiary/aromatic N) is 5. The predicted octanol–water partition coefficient (Wildman–Crippen LogP) is 22.2. The number of rotatable bonds is 12. The van der Waals surface area contributed by atoms with Crippen LogP contribution in [-0.2, 0) is 73.5 Å². The molecule has 101 heavy (non-hydrogen) atoms. The number of benzene rings is 5. The molecule has 10 rings (SSSR count). The van der Waals surface area contributed by atoms with E-state index >= 15 is 0 Å². The van der Waals surface area contributed by atoms with Crippen LogP contribution in [0, 0.1) is 81.4 Å². The lowest BCUT2D eigenvalue weighted by Crippen LogP contribution is -2.33. The molecule has 0 unspecified atom stereocenters. The van der Waals surface area contributed by atoms with Gasteiger partial charge in [-0.2, -0.15) is 0 Å². The van der Waals surface area contributed by atoms with Crippen molar-refractivity contribution in [3.05, 3.63) is 267 Å². The van der Waals surface area contributed by atoms with Gasteiger partial charge in [0.1, 0.15) is 35.2 Å². The monoisotopic (exact) mass is 1370 g/mol. The molecule has 5 heteroatoms. The lowest BCUT2D eigenvalue weighted by molar-refractivity contribution is -0.661. The molecule has 5 aromatic heterocycles. The average Bonchev–Trinajstić information content (AvgIpc) is 0.736. The number of hydrogen-bond acceptors (Lipinski definition) is 0. The summed E-state index contributed by atoms with van der Waals surface area (Å²) in [5, 5.41) is 0. The van der Waals surface area contributed by atoms with E-state index in [1.807, 2.05) is 331 Å². The van der Waals surface area contributed by atoms with E-state index in [9.17, 15) is 0 Å². The van der Waals surface area contributed by atoms with Crippen LogP contribution in [0.3, 0.4) is 0 Å². The van der Waals surface area contributed by atoms with Crippen molar-refractivity contribution in [3.8, 4) is 56.3 Å². The molecule has 0 spiro atoms. The Kier molecular flexibility index (Phi) is 21.4. The summed E-state index contributed by atoms with van der Waals surface area (Å²) in [6.45, 7) is 42.4. The molecule has 0 saturated heterocycles. The Labute approximate surface area is 636 Å². The van der Waals surface area contributed by atoms with Gasteiger partial charge in [0.05, 0.1) is 0 Å². The normalized spacial score (nSPS) is 14.9. The Morgan fingerprint density at radius 3 is 0.950 bits per heavy atom. The number of hydrogen-bond donors (Lipinski definition) is 0. The van der Waals surface area contributed by atoms with Crippen LogP contribution in [-0.4, -0.2) is 0 Å². The lowest BCUT2D eigenvalue weighted by Gasteiger charge is -2.24. The first-order valence-corrected chi connectivity index (χ1v) is 35.7. The lowest BCUT2D eigenvalue weighted by atomic mass is 9.81. The second kappa shape index (κ2) is 35.2. The van der Waals surface area contributed by atoms with Gasteiger partial charge < -0.3 is 0 Å². The molecule has 0 radical (unpaired) electrons. The van der Waals surface area contributed by atoms with Crippen molar-refractivity contribution in [2.75, 3.05) is 0 Å². The summed E-state index contributed by atoms with van der Waals surface area (Å²) in [7, 11) is 9.73. The van der Waals surface area contributed by atoms with Gasteiger partial charge in [-0.15, -0.1) is 0 Å². The zero-order valence-corrected chi connectivity index (χ0v) is 66.8. The van der Waals surface area contributed by atoms with Crippen LogP contribution in [0.5, 0.6) is 0 Å². The van der Waals surface area contributed by atoms with E-state index in [0.717, 1.165) is 73.0 Å². The summed E-state index contributed by atoms with van der Waals surface area (Å²) in [4.78, 5) is 0. The Bertz CT molecular complexity index is 5090. The van der Waals surface area contributed by atoms with Gasteiger partial charge in [0.25, 0.3) is 0 Å². The predicted molar refractivity (Wildman–Crippen MR) is 433 cm³/mol. The molecule has 0 saturated carbocycles. The van der Waals surface area contributed by atoms with Crippen LogP contribution in [0.4, 0.5) is 0 Å². The molecular weight excluding hydrogens is 1220 g/mol. The summed E-state index contributed by atoms with van der Waals surface area (Å²) in [6.07, 6.45) is 0.468. The fourth-order valence-corrected chi connectivity index (χ4v) is 12.0. The van der Waals surface area contributed by atoms with Gasteiger partial charge in [0, 0.05) is 107 Å². The van der Waals surface area contributed by atoms with Crippen LogP contribution in [0.25, 0.3) is 56.3 Å². The van der Waals surface area contributed by atoms with Gasteiger partial charge in [0.15, 0.2) is 31.0 Å². The van der Waals surface area contributed by atoms with E-state index < -0.39 is 72.2 Å². The maximum absolute atomic E-state index is 8.92. The van der Waals surface area contributed by atoms with Crippen LogP contribution < -0.4 is 22.8 Å². The second-order valence-electron chi connectivity index (χ2n) is 32.7. The zero-order chi connectivity index (χ0) is 88.4. The molecule has 5 aromatic carbocycles. The van der Waals surface area contributed by atoms with Gasteiger partial charge in [-0.05, 0) is 207 Å². The molecule has 0 N–H and O–H groups in total. The molecule has 536 valence electrons. The first-order valence-electron chi connectivity index (χ1n) is 43.2. The molecule has 0 amide bonds. The highest BCUT2D eigenvalue weighted by Gasteiger charge is 2.26. The maximum Gasteiger partial charge on any atom is 0.212 e. The minimum atomic E-state index is -2.11. The highest BCUT2D eigenvalue weighted by Crippen LogP contribution is 2.33. The molecule has 10 aromatic rings. The molecule has 0 aliphatic carbocycles. The van der Waals surface area contributed by atoms with Gasteiger partial charge in [-0.3, -0.25) is 0 Å². The van der Waals surface area contributed by atoms with E-state index in [4.69, 9.17) is 20.6 Å². The van der Waals surface area contributed by atoms with Crippen molar-refractivity contribution in [1.29, 1.82) is 0 Å². The molecule has 0 aliphatic heterocycles. The number of aryl methyl sites for hydroxylation is 12. The Morgan fingerprint density at radius 2 is 0.604 bits per heavy atom. The van der Waals surface area contributed by atoms with Crippen molar-refractivity contribution in [2.45, 2.75) is 204 Å². The minimum absolute atomic E-state index is 0.0492. The summed E-state index contributed by atoms with van der Waals surface area (Å²) in [5.41, 5.74) is 18.6. The van der Waals surface area contributed by atoms with E-state index in [-0.39, 0.29) is 5.92 Å². The SMILES string of the molecule is [2H]C([2H])([2H])c1ccc(-c2ccc(C([2H])([2H])C(C)(C)C)c[n+]2C)c(C)c1.[2H]C([2H])(c1c[n+](C)c(-c2ccccc2C)cc1C)C(C)(C)C.[2H]C([2H])(c1cc(-c2ccccc2C)[n+](C)cc1C([2H])([2H])C(C)(C)C)C(C)(C)C.[2H]C([2H])(c1ccc(-c2ccccc2C)[n+](C)c1)C(C)(C)C.[2H]C([2H])(c1ccc(-c2ccccc2C)[n+](C)c1)C(C)C. The third kappa shape index (κ3) is 26.0. The van der Waals surface area contributed by atoms with E-state index in [2.05, 4.69) is 63.2 Å². The standard InChI is InChI=1S/C23H34N.2C19H26N.C18H24N.C17H22N/c1-17-11-9-10-12-20(17)21-13-18(14-22(2,3)4)19(16-24(21)8)15-23(5,6)7;1-14-7-9-17(15(2)11-14)18-10-8-16(13-20(18)6)12-19(3,4)5;1-14-9-7-8-10-17(14)18-11-15(2)16(13-20(18)6)12-19(3,4)5;1-14-8-6-7-9-16(14)17-11-10-15(13-19(17)5)12-18(2,3)4;1-13(2)11-15-9-10-17(18(4)12-15)16-8-6-5-7-14(16)3/h9-13,16H,14-15H2,1-8H3;2*7-11,13H,12H2,1-6H3;6-11,13H,12H2,1-5H3;5-10,12-13H,11H2,1-4H3/q5*+1/i14D2,15D2;1D3,12D2;2*12D2;11D2. The topological polar surface area (TPSA) is 19.4 Å². The first-order chi connectivity index (χ1) is 52.8. The number of pyridine rings is 5. The minimum Gasteiger partial charge on any atom is -0.201 e. The van der Waals surface area contributed by atoms with Crippen molar-refractivity contribution < 1.29 is 43.4 Å². The van der Waals surface area contributed by atoms with E-state index in [1.54, 1.807) is 18.3 Å². The fraction of sp³-hybridized carbons (Fsp3) is 0.427. The Hall–Kier alpha value is -8.15. The van der Waals surface area contributed by atoms with Crippen LogP contribution in [0.1, 0.15) is 211 Å². The van der Waals surface area contributed by atoms with E-state index in [0.29, 0.717) is 22.3 Å². The molecule has 0 bridgehead atoms. The summed E-state index contributed by atoms with van der Waals surface area (Å²) >= 11 is 0. The molecule has 0 aliphatic rings. The molecule has 0 fully saturated rings. The highest BCUT2D eigenvalue weighted by molar-refractivity contribution is 5.65.